The zero-order valence-electron chi connectivity index (χ0n) is 21.2. The van der Waals surface area contributed by atoms with Crippen molar-refractivity contribution in [2.75, 3.05) is 6.61 Å². The highest BCUT2D eigenvalue weighted by Crippen LogP contribution is 2.34. The molecule has 198 valence electrons. The molecule has 0 aliphatic carbocycles. The predicted octanol–water partition coefficient (Wildman–Crippen LogP) is 5.66. The smallest absolute Gasteiger partial charge is 0.416 e. The lowest BCUT2D eigenvalue weighted by molar-refractivity contribution is -0.146. The number of aliphatic hydroxyl groups excluding tert-OH is 1. The SMILES string of the molecule is Cc1c(C=Cc2cc(CNC(C)(CO)C(=O)O)ccc2C(F)(F)F)cccc1-c1ccc2cn(C)nc2c1. The third-order valence-corrected chi connectivity index (χ3v) is 6.64. The number of aryl methyl sites for hydroxylation is 1. The minimum atomic E-state index is -4.57. The average molecular weight is 524 g/mol. The van der Waals surface area contributed by atoms with Crippen LogP contribution in [0.25, 0.3) is 34.2 Å². The predicted molar refractivity (Wildman–Crippen MR) is 141 cm³/mol. The summed E-state index contributed by atoms with van der Waals surface area (Å²) in [6, 6.07) is 15.3. The summed E-state index contributed by atoms with van der Waals surface area (Å²) in [5.74, 6) is -1.26. The minimum Gasteiger partial charge on any atom is -0.480 e. The molecule has 3 N–H and O–H groups in total. The Balaban J connectivity index is 1.67. The Labute approximate surface area is 218 Å². The molecule has 38 heavy (non-hydrogen) atoms. The van der Waals surface area contributed by atoms with Crippen LogP contribution in [0.5, 0.6) is 0 Å². The summed E-state index contributed by atoms with van der Waals surface area (Å²) >= 11 is 0. The van der Waals surface area contributed by atoms with E-state index in [9.17, 15) is 28.2 Å². The number of rotatable bonds is 8. The van der Waals surface area contributed by atoms with Crippen molar-refractivity contribution in [3.8, 4) is 11.1 Å². The number of halogens is 3. The van der Waals surface area contributed by atoms with Crippen molar-refractivity contribution in [1.82, 2.24) is 15.1 Å². The fraction of sp³-hybridized carbons (Fsp3) is 0.241. The van der Waals surface area contributed by atoms with E-state index in [2.05, 4.69) is 10.4 Å². The van der Waals surface area contributed by atoms with Gasteiger partial charge >= 0.3 is 12.1 Å². The number of hydrogen-bond acceptors (Lipinski definition) is 4. The van der Waals surface area contributed by atoms with Crippen molar-refractivity contribution in [1.29, 1.82) is 0 Å². The highest BCUT2D eigenvalue weighted by atomic mass is 19.4. The standard InChI is InChI=1S/C29H28F3N3O3/c1-18-20(5-4-6-24(18)21-9-11-23-16-35(3)34-26(23)14-21)8-10-22-13-19(7-12-25(22)29(30,31)32)15-33-28(2,17-36)27(37)38/h4-14,16,33,36H,15,17H2,1-3H3,(H,37,38). The number of alkyl halides is 3. The van der Waals surface area contributed by atoms with Crippen molar-refractivity contribution in [2.45, 2.75) is 32.1 Å². The van der Waals surface area contributed by atoms with Crippen molar-refractivity contribution in [3.63, 3.8) is 0 Å². The Morgan fingerprint density at radius 3 is 2.50 bits per heavy atom. The first-order chi connectivity index (χ1) is 17.9. The van der Waals surface area contributed by atoms with E-state index in [4.69, 9.17) is 0 Å². The minimum absolute atomic E-state index is 0.0349. The van der Waals surface area contributed by atoms with Crippen molar-refractivity contribution in [2.24, 2.45) is 7.05 Å². The monoisotopic (exact) mass is 523 g/mol. The van der Waals surface area contributed by atoms with Crippen LogP contribution in [0.3, 0.4) is 0 Å². The maximum absolute atomic E-state index is 13.8. The first kappa shape index (κ1) is 27.1. The Kier molecular flexibility index (Phi) is 7.44. The zero-order valence-corrected chi connectivity index (χ0v) is 21.2. The number of nitrogens with zero attached hydrogens (tertiary/aromatic N) is 2. The van der Waals surface area contributed by atoms with Gasteiger partial charge in [-0.25, -0.2) is 0 Å². The summed E-state index contributed by atoms with van der Waals surface area (Å²) in [6.07, 6.45) is 0.429. The molecule has 9 heteroatoms. The Morgan fingerprint density at radius 2 is 1.82 bits per heavy atom. The maximum Gasteiger partial charge on any atom is 0.416 e. The summed E-state index contributed by atoms with van der Waals surface area (Å²) in [7, 11) is 1.86. The highest BCUT2D eigenvalue weighted by molar-refractivity contribution is 5.86. The van der Waals surface area contributed by atoms with Gasteiger partial charge in [0.1, 0.15) is 5.54 Å². The van der Waals surface area contributed by atoms with Gasteiger partial charge < -0.3 is 10.2 Å². The van der Waals surface area contributed by atoms with Crippen LogP contribution >= 0.6 is 0 Å². The zero-order chi connectivity index (χ0) is 27.7. The normalized spacial score (nSPS) is 13.8. The number of fused-ring (bicyclic) bond motifs is 1. The maximum atomic E-state index is 13.8. The summed E-state index contributed by atoms with van der Waals surface area (Å²) in [5.41, 5.74) is 2.42. The van der Waals surface area contributed by atoms with Crippen LogP contribution in [-0.4, -0.2) is 38.1 Å². The number of aliphatic hydroxyl groups is 1. The number of benzene rings is 3. The second-order valence-corrected chi connectivity index (χ2v) is 9.50. The number of nitrogens with one attached hydrogen (secondary N) is 1. The number of carbonyl (C=O) groups is 1. The number of aromatic nitrogens is 2. The summed E-state index contributed by atoms with van der Waals surface area (Å²) in [6.45, 7) is 2.53. The fourth-order valence-electron chi connectivity index (χ4n) is 4.25. The number of carboxylic acids is 1. The molecule has 0 aliphatic heterocycles. The third kappa shape index (κ3) is 5.64. The first-order valence-electron chi connectivity index (χ1n) is 11.9. The Hall–Kier alpha value is -3.95. The second kappa shape index (κ2) is 10.4. The summed E-state index contributed by atoms with van der Waals surface area (Å²) in [5, 5.41) is 26.9. The molecule has 1 heterocycles. The lowest BCUT2D eigenvalue weighted by atomic mass is 9.95. The summed E-state index contributed by atoms with van der Waals surface area (Å²) in [4.78, 5) is 11.4. The van der Waals surface area contributed by atoms with Crippen LogP contribution in [0.1, 0.15) is 34.7 Å². The molecular formula is C29H28F3N3O3. The van der Waals surface area contributed by atoms with E-state index in [-0.39, 0.29) is 12.1 Å². The Morgan fingerprint density at radius 1 is 1.08 bits per heavy atom. The van der Waals surface area contributed by atoms with Gasteiger partial charge in [0.2, 0.25) is 0 Å². The average Bonchev–Trinajstić information content (AvgIpc) is 3.25. The van der Waals surface area contributed by atoms with Gasteiger partial charge in [-0.05, 0) is 65.4 Å². The molecule has 6 nitrogen and oxygen atoms in total. The second-order valence-electron chi connectivity index (χ2n) is 9.50. The largest absolute Gasteiger partial charge is 0.480 e. The van der Waals surface area contributed by atoms with Gasteiger partial charge in [-0.3, -0.25) is 14.8 Å². The lowest BCUT2D eigenvalue weighted by Gasteiger charge is -2.24. The van der Waals surface area contributed by atoms with E-state index in [1.165, 1.54) is 25.1 Å². The van der Waals surface area contributed by atoms with Gasteiger partial charge in [0.05, 0.1) is 17.7 Å². The van der Waals surface area contributed by atoms with Gasteiger partial charge in [-0.1, -0.05) is 48.6 Å². The molecule has 1 unspecified atom stereocenters. The molecule has 0 radical (unpaired) electrons. The van der Waals surface area contributed by atoms with Gasteiger partial charge in [-0.15, -0.1) is 0 Å². The lowest BCUT2D eigenvalue weighted by Crippen LogP contribution is -2.52. The van der Waals surface area contributed by atoms with Crippen molar-refractivity contribution >= 4 is 29.0 Å². The molecular weight excluding hydrogens is 495 g/mol. The molecule has 4 aromatic rings. The van der Waals surface area contributed by atoms with E-state index in [0.29, 0.717) is 5.56 Å². The molecule has 1 atom stereocenters. The third-order valence-electron chi connectivity index (χ3n) is 6.64. The van der Waals surface area contributed by atoms with Gasteiger partial charge in [0.25, 0.3) is 0 Å². The first-order valence-corrected chi connectivity index (χ1v) is 11.9. The molecule has 3 aromatic carbocycles. The van der Waals surface area contributed by atoms with Crippen LogP contribution in [0, 0.1) is 6.92 Å². The number of aliphatic carboxylic acids is 1. The van der Waals surface area contributed by atoms with E-state index in [0.717, 1.165) is 39.2 Å². The van der Waals surface area contributed by atoms with Gasteiger partial charge in [0, 0.05) is 25.2 Å². The van der Waals surface area contributed by atoms with E-state index < -0.39 is 29.9 Å². The molecule has 4 rings (SSSR count). The highest BCUT2D eigenvalue weighted by Gasteiger charge is 2.34. The molecule has 0 saturated carbocycles. The van der Waals surface area contributed by atoms with Crippen LogP contribution in [-0.2, 0) is 24.6 Å². The van der Waals surface area contributed by atoms with Gasteiger partial charge in [0.15, 0.2) is 0 Å². The van der Waals surface area contributed by atoms with E-state index >= 15 is 0 Å². The quantitative estimate of drug-likeness (QED) is 0.259. The molecule has 0 fully saturated rings. The topological polar surface area (TPSA) is 87.4 Å². The van der Waals surface area contributed by atoms with Crippen LogP contribution in [0.2, 0.25) is 0 Å². The van der Waals surface area contributed by atoms with E-state index in [1.54, 1.807) is 10.8 Å². The molecule has 0 spiro atoms. The van der Waals surface area contributed by atoms with E-state index in [1.807, 2.05) is 56.6 Å². The van der Waals surface area contributed by atoms with Gasteiger partial charge in [-0.2, -0.15) is 18.3 Å². The molecule has 1 aromatic heterocycles. The molecule has 0 aliphatic rings. The molecule has 0 amide bonds. The van der Waals surface area contributed by atoms with Crippen LogP contribution < -0.4 is 5.32 Å². The number of hydrogen-bond donors (Lipinski definition) is 3. The summed E-state index contributed by atoms with van der Waals surface area (Å²) < 4.78 is 43.0. The van der Waals surface area contributed by atoms with Crippen LogP contribution in [0.15, 0.2) is 60.8 Å². The molecule has 0 bridgehead atoms. The van der Waals surface area contributed by atoms with Crippen molar-refractivity contribution in [3.05, 3.63) is 88.6 Å². The number of carboxylic acid groups (broad SMARTS) is 1. The fourth-order valence-corrected chi connectivity index (χ4v) is 4.25. The Bertz CT molecular complexity index is 1520. The van der Waals surface area contributed by atoms with Crippen molar-refractivity contribution < 1.29 is 28.2 Å². The van der Waals surface area contributed by atoms with Crippen LogP contribution in [0.4, 0.5) is 13.2 Å². The molecule has 0 saturated heterocycles.